The van der Waals surface area contributed by atoms with Crippen molar-refractivity contribution in [1.29, 1.82) is 0 Å². The Balaban J connectivity index is 1.70. The Kier molecular flexibility index (Phi) is 3.14. The van der Waals surface area contributed by atoms with Gasteiger partial charge in [-0.05, 0) is 31.0 Å². The molecule has 0 spiro atoms. The minimum atomic E-state index is 0.287. The number of para-hydroxylation sites is 1. The van der Waals surface area contributed by atoms with Gasteiger partial charge in [0.1, 0.15) is 0 Å². The maximum Gasteiger partial charge on any atom is 0.162 e. The molecule has 18 heavy (non-hydrogen) atoms. The first-order valence-corrected chi connectivity index (χ1v) is 6.56. The summed E-state index contributed by atoms with van der Waals surface area (Å²) in [6.45, 7) is 5.37. The summed E-state index contributed by atoms with van der Waals surface area (Å²) in [5.74, 6) is 2.43. The number of likely N-dealkylation sites (tertiary alicyclic amines) is 1. The average Bonchev–Trinajstić information content (AvgIpc) is 2.92. The van der Waals surface area contributed by atoms with Crippen LogP contribution in [0.4, 0.5) is 0 Å². The Morgan fingerprint density at radius 2 is 2.06 bits per heavy atom. The third-order valence-corrected chi connectivity index (χ3v) is 4.16. The molecule has 2 N–H and O–H groups in total. The van der Waals surface area contributed by atoms with Crippen LogP contribution in [0.25, 0.3) is 0 Å². The summed E-state index contributed by atoms with van der Waals surface area (Å²) in [5.41, 5.74) is 0.960. The molecule has 0 aliphatic carbocycles. The monoisotopic (exact) mass is 248 g/mol. The minimum Gasteiger partial charge on any atom is -0.504 e. The standard InChI is InChI=1S/C14H20N2O2/c1-18-13-4-2-3-10(14(13)17)7-16-8-11-5-15-6-12(11)9-16/h2-4,11-12,15,17H,5-9H2,1H3. The van der Waals surface area contributed by atoms with Crippen molar-refractivity contribution in [3.8, 4) is 11.5 Å². The molecule has 2 unspecified atom stereocenters. The number of rotatable bonds is 3. The van der Waals surface area contributed by atoms with E-state index in [2.05, 4.69) is 10.2 Å². The molecule has 98 valence electrons. The van der Waals surface area contributed by atoms with Gasteiger partial charge in [-0.1, -0.05) is 12.1 Å². The summed E-state index contributed by atoms with van der Waals surface area (Å²) in [6.07, 6.45) is 0. The van der Waals surface area contributed by atoms with Crippen molar-refractivity contribution in [2.45, 2.75) is 6.54 Å². The zero-order chi connectivity index (χ0) is 12.5. The van der Waals surface area contributed by atoms with Gasteiger partial charge in [0.2, 0.25) is 0 Å². The highest BCUT2D eigenvalue weighted by atomic mass is 16.5. The van der Waals surface area contributed by atoms with E-state index in [9.17, 15) is 5.11 Å². The first-order valence-electron chi connectivity index (χ1n) is 6.56. The number of phenolic OH excluding ortho intramolecular Hbond substituents is 1. The number of methoxy groups -OCH3 is 1. The van der Waals surface area contributed by atoms with Crippen LogP contribution in [0.5, 0.6) is 11.5 Å². The van der Waals surface area contributed by atoms with Gasteiger partial charge in [0.25, 0.3) is 0 Å². The van der Waals surface area contributed by atoms with Crippen LogP contribution in [0.15, 0.2) is 18.2 Å². The SMILES string of the molecule is COc1cccc(CN2CC3CNCC3C2)c1O. The molecule has 2 aliphatic heterocycles. The number of benzene rings is 1. The lowest BCUT2D eigenvalue weighted by molar-refractivity contribution is 0.296. The van der Waals surface area contributed by atoms with Gasteiger partial charge in [0.05, 0.1) is 7.11 Å². The van der Waals surface area contributed by atoms with E-state index in [1.807, 2.05) is 12.1 Å². The summed E-state index contributed by atoms with van der Waals surface area (Å²) in [7, 11) is 1.59. The normalized spacial score (nSPS) is 27.4. The fraction of sp³-hybridized carbons (Fsp3) is 0.571. The Morgan fingerprint density at radius 1 is 1.33 bits per heavy atom. The number of ether oxygens (including phenoxy) is 1. The van der Waals surface area contributed by atoms with Crippen molar-refractivity contribution in [2.24, 2.45) is 11.8 Å². The lowest BCUT2D eigenvalue weighted by atomic mass is 10.0. The number of hydrogen-bond donors (Lipinski definition) is 2. The summed E-state index contributed by atoms with van der Waals surface area (Å²) < 4.78 is 5.15. The summed E-state index contributed by atoms with van der Waals surface area (Å²) in [5, 5.41) is 13.5. The van der Waals surface area contributed by atoms with Gasteiger partial charge in [-0.3, -0.25) is 4.90 Å². The van der Waals surface area contributed by atoms with Gasteiger partial charge < -0.3 is 15.2 Å². The minimum absolute atomic E-state index is 0.287. The Labute approximate surface area is 108 Å². The van der Waals surface area contributed by atoms with E-state index in [1.165, 1.54) is 0 Å². The molecule has 2 atom stereocenters. The van der Waals surface area contributed by atoms with E-state index in [-0.39, 0.29) is 5.75 Å². The van der Waals surface area contributed by atoms with Gasteiger partial charge in [-0.15, -0.1) is 0 Å². The van der Waals surface area contributed by atoms with Gasteiger partial charge in [-0.2, -0.15) is 0 Å². The number of fused-ring (bicyclic) bond motifs is 1. The molecule has 0 bridgehead atoms. The number of nitrogens with zero attached hydrogens (tertiary/aromatic N) is 1. The number of nitrogens with one attached hydrogen (secondary N) is 1. The maximum absolute atomic E-state index is 10.1. The largest absolute Gasteiger partial charge is 0.504 e. The molecule has 1 aromatic carbocycles. The van der Waals surface area contributed by atoms with Gasteiger partial charge in [0, 0.05) is 25.2 Å². The van der Waals surface area contributed by atoms with E-state index in [1.54, 1.807) is 13.2 Å². The average molecular weight is 248 g/mol. The quantitative estimate of drug-likeness (QED) is 0.839. The molecule has 2 saturated heterocycles. The van der Waals surface area contributed by atoms with Crippen molar-refractivity contribution >= 4 is 0 Å². The van der Waals surface area contributed by atoms with Gasteiger partial charge in [-0.25, -0.2) is 0 Å². The molecule has 0 radical (unpaired) electrons. The first kappa shape index (κ1) is 11.8. The molecule has 2 fully saturated rings. The van der Waals surface area contributed by atoms with Crippen molar-refractivity contribution in [3.05, 3.63) is 23.8 Å². The van der Waals surface area contributed by atoms with Crippen molar-refractivity contribution < 1.29 is 9.84 Å². The fourth-order valence-electron chi connectivity index (χ4n) is 3.18. The van der Waals surface area contributed by atoms with Gasteiger partial charge in [0.15, 0.2) is 11.5 Å². The van der Waals surface area contributed by atoms with Crippen molar-refractivity contribution in [2.75, 3.05) is 33.3 Å². The second-order valence-electron chi connectivity index (χ2n) is 5.34. The predicted molar refractivity (Wildman–Crippen MR) is 69.8 cm³/mol. The topological polar surface area (TPSA) is 44.7 Å². The number of aromatic hydroxyl groups is 1. The molecule has 3 rings (SSSR count). The Bertz CT molecular complexity index is 424. The molecular formula is C14H20N2O2. The van der Waals surface area contributed by atoms with Crippen LogP contribution in [-0.4, -0.2) is 43.3 Å². The Hall–Kier alpha value is -1.26. The van der Waals surface area contributed by atoms with Crippen LogP contribution < -0.4 is 10.1 Å². The summed E-state index contributed by atoms with van der Waals surface area (Å²) >= 11 is 0. The van der Waals surface area contributed by atoms with E-state index in [0.29, 0.717) is 5.75 Å². The molecule has 4 heteroatoms. The van der Waals surface area contributed by atoms with E-state index in [0.717, 1.165) is 50.1 Å². The first-order chi connectivity index (χ1) is 8.78. The third-order valence-electron chi connectivity index (χ3n) is 4.16. The zero-order valence-electron chi connectivity index (χ0n) is 10.7. The van der Waals surface area contributed by atoms with Gasteiger partial charge >= 0.3 is 0 Å². The third kappa shape index (κ3) is 2.06. The molecule has 0 aromatic heterocycles. The maximum atomic E-state index is 10.1. The second-order valence-corrected chi connectivity index (χ2v) is 5.34. The van der Waals surface area contributed by atoms with Crippen LogP contribution in [0.1, 0.15) is 5.56 Å². The van der Waals surface area contributed by atoms with Crippen LogP contribution in [0, 0.1) is 11.8 Å². The lowest BCUT2D eigenvalue weighted by Crippen LogP contribution is -2.25. The highest BCUT2D eigenvalue weighted by molar-refractivity contribution is 5.45. The zero-order valence-corrected chi connectivity index (χ0v) is 10.7. The Morgan fingerprint density at radius 3 is 2.72 bits per heavy atom. The fourth-order valence-corrected chi connectivity index (χ4v) is 3.18. The highest BCUT2D eigenvalue weighted by Crippen LogP contribution is 2.33. The summed E-state index contributed by atoms with van der Waals surface area (Å²) in [6, 6.07) is 5.71. The smallest absolute Gasteiger partial charge is 0.162 e. The number of phenols is 1. The predicted octanol–water partition coefficient (Wildman–Crippen LogP) is 1.05. The molecule has 0 saturated carbocycles. The molecule has 2 heterocycles. The molecule has 4 nitrogen and oxygen atoms in total. The van der Waals surface area contributed by atoms with E-state index < -0.39 is 0 Å². The number of hydrogen-bond acceptors (Lipinski definition) is 4. The van der Waals surface area contributed by atoms with E-state index in [4.69, 9.17) is 4.74 Å². The van der Waals surface area contributed by atoms with Crippen molar-refractivity contribution in [3.63, 3.8) is 0 Å². The second kappa shape index (κ2) is 4.78. The molecule has 1 aromatic rings. The lowest BCUT2D eigenvalue weighted by Gasteiger charge is -2.18. The van der Waals surface area contributed by atoms with Crippen LogP contribution in [0.2, 0.25) is 0 Å². The highest BCUT2D eigenvalue weighted by Gasteiger charge is 2.36. The molecule has 2 aliphatic rings. The molecule has 0 amide bonds. The van der Waals surface area contributed by atoms with Crippen LogP contribution >= 0.6 is 0 Å². The van der Waals surface area contributed by atoms with E-state index >= 15 is 0 Å². The molecular weight excluding hydrogens is 228 g/mol. The van der Waals surface area contributed by atoms with Crippen molar-refractivity contribution in [1.82, 2.24) is 10.2 Å². The van der Waals surface area contributed by atoms with Crippen LogP contribution in [0.3, 0.4) is 0 Å². The van der Waals surface area contributed by atoms with Crippen LogP contribution in [-0.2, 0) is 6.54 Å². The summed E-state index contributed by atoms with van der Waals surface area (Å²) in [4.78, 5) is 2.44.